The largest absolute Gasteiger partial charge is 0.469 e. The Balaban J connectivity index is 3.06. The van der Waals surface area contributed by atoms with Gasteiger partial charge in [0.15, 0.2) is 0 Å². The van der Waals surface area contributed by atoms with Gasteiger partial charge in [-0.25, -0.2) is 14.4 Å². The fourth-order valence-electron chi connectivity index (χ4n) is 1.94. The third-order valence-corrected chi connectivity index (χ3v) is 3.51. The molecule has 0 aliphatic carbocycles. The zero-order chi connectivity index (χ0) is 15.1. The molecule has 7 heteroatoms. The van der Waals surface area contributed by atoms with Crippen molar-refractivity contribution in [2.75, 3.05) is 13.2 Å². The van der Waals surface area contributed by atoms with Crippen LogP contribution in [0.4, 0.5) is 0 Å². The Kier molecular flexibility index (Phi) is 13.1. The van der Waals surface area contributed by atoms with Gasteiger partial charge in [0.2, 0.25) is 6.08 Å². The molecule has 0 spiro atoms. The fourth-order valence-corrected chi connectivity index (χ4v) is 2.30. The Morgan fingerprint density at radius 1 is 0.850 bits per heavy atom. The van der Waals surface area contributed by atoms with Crippen LogP contribution in [0.3, 0.4) is 0 Å². The number of aliphatic imine (C=N–C) groups is 1. The molecule has 0 aromatic heterocycles. The summed E-state index contributed by atoms with van der Waals surface area (Å²) in [6.07, 6.45) is 12.3. The molecule has 0 bridgehead atoms. The van der Waals surface area contributed by atoms with Crippen LogP contribution in [0.2, 0.25) is 0 Å². The number of hydrogen-bond acceptors (Lipinski definition) is 4. The molecule has 20 heavy (non-hydrogen) atoms. The predicted octanol–water partition coefficient (Wildman–Crippen LogP) is 3.33. The van der Waals surface area contributed by atoms with Crippen LogP contribution in [-0.4, -0.2) is 29.0 Å². The van der Waals surface area contributed by atoms with Crippen molar-refractivity contribution in [2.24, 2.45) is 4.99 Å². The second-order valence-corrected chi connectivity index (χ2v) is 6.07. The van der Waals surface area contributed by atoms with E-state index in [1.54, 1.807) is 0 Å². The average molecular weight is 307 g/mol. The van der Waals surface area contributed by atoms with E-state index >= 15 is 0 Å². The van der Waals surface area contributed by atoms with Crippen LogP contribution >= 0.6 is 7.82 Å². The minimum atomic E-state index is -4.28. The van der Waals surface area contributed by atoms with Crippen LogP contribution < -0.4 is 0 Å². The van der Waals surface area contributed by atoms with Crippen LogP contribution in [-0.2, 0) is 13.9 Å². The van der Waals surface area contributed by atoms with Crippen molar-refractivity contribution < 1.29 is 23.7 Å². The summed E-state index contributed by atoms with van der Waals surface area (Å²) < 4.78 is 14.8. The third kappa shape index (κ3) is 17.5. The van der Waals surface area contributed by atoms with Gasteiger partial charge in [-0.1, -0.05) is 51.4 Å². The maximum Gasteiger partial charge on any atom is 0.469 e. The first-order chi connectivity index (χ1) is 9.56. The monoisotopic (exact) mass is 307 g/mol. The summed E-state index contributed by atoms with van der Waals surface area (Å²) in [4.78, 5) is 30.3. The molecule has 0 aromatic carbocycles. The highest BCUT2D eigenvalue weighted by atomic mass is 31.2. The summed E-state index contributed by atoms with van der Waals surface area (Å²) in [6.45, 7) is 0.730. The summed E-state index contributed by atoms with van der Waals surface area (Å²) in [6, 6.07) is 0. The Bertz CT molecular complexity index is 312. The first-order valence-electron chi connectivity index (χ1n) is 7.30. The molecule has 0 saturated carbocycles. The standard InChI is InChI=1S/C13H26NO5P/c15-13-14-11-9-7-5-3-1-2-4-6-8-10-12-19-20(16,17)18/h1-12H2,(H2,16,17,18). The molecule has 0 heterocycles. The number of phosphoric acid groups is 1. The number of hydrogen-bond donors (Lipinski definition) is 2. The van der Waals surface area contributed by atoms with E-state index in [4.69, 9.17) is 9.79 Å². The molecule has 6 nitrogen and oxygen atoms in total. The lowest BCUT2D eigenvalue weighted by atomic mass is 10.1. The van der Waals surface area contributed by atoms with Crippen LogP contribution in [0.1, 0.15) is 64.2 Å². The third-order valence-electron chi connectivity index (χ3n) is 2.99. The number of nitrogens with zero attached hydrogens (tertiary/aromatic N) is 1. The zero-order valence-electron chi connectivity index (χ0n) is 12.0. The lowest BCUT2D eigenvalue weighted by molar-refractivity contribution is 0.193. The van der Waals surface area contributed by atoms with Crippen molar-refractivity contribution in [1.29, 1.82) is 0 Å². The van der Waals surface area contributed by atoms with Crippen LogP contribution in [0, 0.1) is 0 Å². The quantitative estimate of drug-likeness (QED) is 0.222. The maximum absolute atomic E-state index is 10.4. The van der Waals surface area contributed by atoms with Gasteiger partial charge in [-0.05, 0) is 12.8 Å². The highest BCUT2D eigenvalue weighted by Crippen LogP contribution is 2.35. The summed E-state index contributed by atoms with van der Waals surface area (Å²) in [5.41, 5.74) is 0. The summed E-state index contributed by atoms with van der Waals surface area (Å²) in [5.74, 6) is 0. The lowest BCUT2D eigenvalue weighted by Crippen LogP contribution is -1.92. The zero-order valence-corrected chi connectivity index (χ0v) is 12.9. The van der Waals surface area contributed by atoms with Crippen molar-refractivity contribution in [3.8, 4) is 0 Å². The molecule has 0 aliphatic heterocycles. The molecule has 0 atom stereocenters. The van der Waals surface area contributed by atoms with E-state index in [1.807, 2.05) is 0 Å². The van der Waals surface area contributed by atoms with Crippen LogP contribution in [0.5, 0.6) is 0 Å². The fraction of sp³-hybridized carbons (Fsp3) is 0.923. The molecule has 0 aromatic rings. The van der Waals surface area contributed by atoms with E-state index in [2.05, 4.69) is 9.52 Å². The number of phosphoric ester groups is 1. The molecule has 118 valence electrons. The van der Waals surface area contributed by atoms with E-state index in [-0.39, 0.29) is 6.61 Å². The minimum Gasteiger partial charge on any atom is -0.303 e. The molecule has 0 unspecified atom stereocenters. The van der Waals surface area contributed by atoms with Gasteiger partial charge in [0.05, 0.1) is 13.2 Å². The smallest absolute Gasteiger partial charge is 0.303 e. The molecule has 0 amide bonds. The molecule has 2 N–H and O–H groups in total. The van der Waals surface area contributed by atoms with Crippen molar-refractivity contribution in [3.63, 3.8) is 0 Å². The highest BCUT2D eigenvalue weighted by molar-refractivity contribution is 7.46. The average Bonchev–Trinajstić information content (AvgIpc) is 2.38. The molecule has 0 radical (unpaired) electrons. The molecular formula is C13H26NO5P. The predicted molar refractivity (Wildman–Crippen MR) is 77.2 cm³/mol. The Hall–Kier alpha value is -0.510. The number of isocyanates is 1. The van der Waals surface area contributed by atoms with Crippen molar-refractivity contribution in [3.05, 3.63) is 0 Å². The molecule has 0 saturated heterocycles. The first kappa shape index (κ1) is 19.5. The van der Waals surface area contributed by atoms with Gasteiger partial charge < -0.3 is 9.79 Å². The molecule has 0 aliphatic rings. The van der Waals surface area contributed by atoms with Crippen LogP contribution in [0.15, 0.2) is 4.99 Å². The number of unbranched alkanes of at least 4 members (excludes halogenated alkanes) is 9. The van der Waals surface area contributed by atoms with Gasteiger partial charge >= 0.3 is 7.82 Å². The Morgan fingerprint density at radius 2 is 1.30 bits per heavy atom. The van der Waals surface area contributed by atoms with Crippen molar-refractivity contribution >= 4 is 13.9 Å². The highest BCUT2D eigenvalue weighted by Gasteiger charge is 2.12. The molecule has 0 rings (SSSR count). The molecule has 0 fully saturated rings. The van der Waals surface area contributed by atoms with E-state index in [1.165, 1.54) is 31.8 Å². The van der Waals surface area contributed by atoms with Crippen molar-refractivity contribution in [2.45, 2.75) is 64.2 Å². The van der Waals surface area contributed by atoms with Gasteiger partial charge in [0.1, 0.15) is 0 Å². The van der Waals surface area contributed by atoms with E-state index in [9.17, 15) is 9.36 Å². The van der Waals surface area contributed by atoms with Gasteiger partial charge in [0, 0.05) is 0 Å². The Labute approximate surface area is 120 Å². The maximum atomic E-state index is 10.4. The summed E-state index contributed by atoms with van der Waals surface area (Å²) >= 11 is 0. The minimum absolute atomic E-state index is 0.132. The van der Waals surface area contributed by atoms with E-state index in [0.717, 1.165) is 32.1 Å². The van der Waals surface area contributed by atoms with E-state index in [0.29, 0.717) is 13.0 Å². The summed E-state index contributed by atoms with van der Waals surface area (Å²) in [7, 11) is -4.28. The van der Waals surface area contributed by atoms with Gasteiger partial charge in [0.25, 0.3) is 0 Å². The van der Waals surface area contributed by atoms with Gasteiger partial charge in [-0.15, -0.1) is 0 Å². The number of carbonyl (C=O) groups excluding carboxylic acids is 1. The topological polar surface area (TPSA) is 96.2 Å². The van der Waals surface area contributed by atoms with Crippen LogP contribution in [0.25, 0.3) is 0 Å². The van der Waals surface area contributed by atoms with E-state index < -0.39 is 7.82 Å². The van der Waals surface area contributed by atoms with Gasteiger partial charge in [-0.3, -0.25) is 4.52 Å². The first-order valence-corrected chi connectivity index (χ1v) is 8.83. The number of rotatable bonds is 14. The van der Waals surface area contributed by atoms with Gasteiger partial charge in [-0.2, -0.15) is 0 Å². The second kappa shape index (κ2) is 13.5. The van der Waals surface area contributed by atoms with Crippen molar-refractivity contribution in [1.82, 2.24) is 0 Å². The second-order valence-electron chi connectivity index (χ2n) is 4.83. The SMILES string of the molecule is O=C=NCCCCCCCCCCCCOP(=O)(O)O. The Morgan fingerprint density at radius 3 is 1.75 bits per heavy atom. The lowest BCUT2D eigenvalue weighted by Gasteiger charge is -2.05. The molecular weight excluding hydrogens is 281 g/mol. The summed E-state index contributed by atoms with van der Waals surface area (Å²) in [5, 5.41) is 0. The normalized spacial score (nSPS) is 11.3.